The number of nitrogens with zero attached hydrogens (tertiary/aromatic N) is 3. The van der Waals surface area contributed by atoms with Crippen molar-refractivity contribution in [2.24, 2.45) is 13.0 Å². The van der Waals surface area contributed by atoms with Crippen LogP contribution < -0.4 is 35.5 Å². The highest BCUT2D eigenvalue weighted by Gasteiger charge is 2.28. The van der Waals surface area contributed by atoms with E-state index >= 15 is 4.39 Å². The van der Waals surface area contributed by atoms with E-state index in [1.807, 2.05) is 0 Å². The molecule has 0 saturated heterocycles. The Balaban J connectivity index is 1.16. The maximum atomic E-state index is 15.4. The zero-order valence-electron chi connectivity index (χ0n) is 24.4. The molecule has 1 amide bonds. The van der Waals surface area contributed by atoms with Crippen molar-refractivity contribution >= 4 is 22.5 Å². The summed E-state index contributed by atoms with van der Waals surface area (Å²) < 4.78 is 54.4. The molecule has 13 heteroatoms. The summed E-state index contributed by atoms with van der Waals surface area (Å²) in [5.41, 5.74) is -1.42. The number of hydrogen-bond acceptors (Lipinski definition) is 8. The fourth-order valence-corrected chi connectivity index (χ4v) is 5.08. The Hall–Kier alpha value is -5.72. The van der Waals surface area contributed by atoms with Crippen molar-refractivity contribution in [2.45, 2.75) is 12.8 Å². The molecular weight excluding hydrogens is 602 g/mol. The fourth-order valence-electron chi connectivity index (χ4n) is 5.08. The van der Waals surface area contributed by atoms with Gasteiger partial charge in [-0.25, -0.2) is 18.1 Å². The van der Waals surface area contributed by atoms with Crippen molar-refractivity contribution in [3.63, 3.8) is 0 Å². The summed E-state index contributed by atoms with van der Waals surface area (Å²) in [7, 11) is 1.36. The zero-order chi connectivity index (χ0) is 31.9. The molecule has 2 aliphatic rings. The van der Waals surface area contributed by atoms with Crippen LogP contribution in [0.5, 0.6) is 28.7 Å². The molecule has 0 spiro atoms. The first-order valence-electron chi connectivity index (χ1n) is 14.5. The van der Waals surface area contributed by atoms with Gasteiger partial charge in [0.05, 0.1) is 23.2 Å². The zero-order valence-corrected chi connectivity index (χ0v) is 24.4. The van der Waals surface area contributed by atoms with Gasteiger partial charge in [0.15, 0.2) is 23.1 Å². The molecule has 11 nitrogen and oxygen atoms in total. The number of carbonyl (C=O) groups is 1. The number of ether oxygens (including phenoxy) is 4. The van der Waals surface area contributed by atoms with E-state index in [1.165, 1.54) is 37.5 Å². The van der Waals surface area contributed by atoms with E-state index in [9.17, 15) is 18.8 Å². The van der Waals surface area contributed by atoms with Gasteiger partial charge in [0.2, 0.25) is 5.75 Å². The van der Waals surface area contributed by atoms with Gasteiger partial charge in [-0.15, -0.1) is 0 Å². The van der Waals surface area contributed by atoms with E-state index in [0.29, 0.717) is 53.9 Å². The molecule has 1 aliphatic carbocycles. The van der Waals surface area contributed by atoms with Crippen LogP contribution in [0.25, 0.3) is 16.6 Å². The average molecular weight is 629 g/mol. The molecule has 5 aromatic rings. The monoisotopic (exact) mass is 628 g/mol. The molecule has 46 heavy (non-hydrogen) atoms. The second kappa shape index (κ2) is 11.7. The predicted molar refractivity (Wildman–Crippen MR) is 163 cm³/mol. The first-order valence-corrected chi connectivity index (χ1v) is 14.5. The van der Waals surface area contributed by atoms with E-state index in [1.54, 1.807) is 12.1 Å². The summed E-state index contributed by atoms with van der Waals surface area (Å²) in [5, 5.41) is 2.97. The van der Waals surface area contributed by atoms with E-state index in [2.05, 4.69) is 10.3 Å². The molecule has 0 bridgehead atoms. The third-order valence-corrected chi connectivity index (χ3v) is 7.60. The number of aromatic nitrogens is 3. The third-order valence-electron chi connectivity index (χ3n) is 7.60. The molecule has 0 radical (unpaired) electrons. The highest BCUT2D eigenvalue weighted by molar-refractivity contribution is 6.04. The Kier molecular flexibility index (Phi) is 7.35. The Labute approximate surface area is 259 Å². The van der Waals surface area contributed by atoms with E-state index in [0.717, 1.165) is 46.4 Å². The fraction of sp³-hybridized carbons (Fsp3) is 0.212. The second-order valence-electron chi connectivity index (χ2n) is 10.9. The molecule has 3 aromatic carbocycles. The Bertz CT molecular complexity index is 2120. The quantitative estimate of drug-likeness (QED) is 0.256. The number of nitrogens with one attached hydrogen (secondary N) is 1. The maximum Gasteiger partial charge on any atom is 0.335 e. The average Bonchev–Trinajstić information content (AvgIpc) is 3.88. The number of aryl methyl sites for hydroxylation is 1. The number of benzene rings is 3. The lowest BCUT2D eigenvalue weighted by atomic mass is 10.1. The molecule has 3 heterocycles. The van der Waals surface area contributed by atoms with Gasteiger partial charge in [0, 0.05) is 37.3 Å². The van der Waals surface area contributed by atoms with Crippen LogP contribution in [0.2, 0.25) is 0 Å². The molecule has 2 aromatic heterocycles. The number of anilines is 1. The van der Waals surface area contributed by atoms with E-state index in [4.69, 9.17) is 18.9 Å². The van der Waals surface area contributed by atoms with Crippen molar-refractivity contribution < 1.29 is 32.5 Å². The minimum absolute atomic E-state index is 0.0302. The smallest absolute Gasteiger partial charge is 0.335 e. The number of fused-ring (bicyclic) bond motifs is 3. The van der Waals surface area contributed by atoms with Crippen LogP contribution in [-0.4, -0.2) is 39.8 Å². The SMILES string of the molecule is Cn1cc(C(=O)Nc2ccc(Oc3ccnc4cc(OCC5CC5)c5c(c34)OCCO5)c(F)c2)c(=O)n(-c2ccc(F)cc2)c1=O. The van der Waals surface area contributed by atoms with Gasteiger partial charge in [-0.2, -0.15) is 0 Å². The van der Waals surface area contributed by atoms with Gasteiger partial charge in [-0.05, 0) is 61.2 Å². The minimum atomic E-state index is -0.923. The van der Waals surface area contributed by atoms with Crippen LogP contribution in [-0.2, 0) is 7.05 Å². The summed E-state index contributed by atoms with van der Waals surface area (Å²) in [5.74, 6) is -0.246. The van der Waals surface area contributed by atoms with Gasteiger partial charge in [0.1, 0.15) is 30.3 Å². The summed E-state index contributed by atoms with van der Waals surface area (Å²) in [6, 6.07) is 11.8. The minimum Gasteiger partial charge on any atom is -0.489 e. The Morgan fingerprint density at radius 2 is 1.74 bits per heavy atom. The van der Waals surface area contributed by atoms with Gasteiger partial charge < -0.3 is 28.8 Å². The first-order chi connectivity index (χ1) is 22.3. The maximum absolute atomic E-state index is 15.4. The van der Waals surface area contributed by atoms with Gasteiger partial charge >= 0.3 is 5.69 Å². The van der Waals surface area contributed by atoms with Crippen LogP contribution >= 0.6 is 0 Å². The Morgan fingerprint density at radius 1 is 0.978 bits per heavy atom. The lowest BCUT2D eigenvalue weighted by molar-refractivity contribution is 0.102. The van der Waals surface area contributed by atoms with Crippen molar-refractivity contribution in [2.75, 3.05) is 25.1 Å². The second-order valence-corrected chi connectivity index (χ2v) is 10.9. The molecule has 7 rings (SSSR count). The normalized spacial score (nSPS) is 13.8. The van der Waals surface area contributed by atoms with Crippen LogP contribution in [0.3, 0.4) is 0 Å². The molecule has 1 fully saturated rings. The third kappa shape index (κ3) is 5.51. The van der Waals surface area contributed by atoms with Crippen LogP contribution in [0.15, 0.2) is 76.6 Å². The number of rotatable bonds is 8. The van der Waals surface area contributed by atoms with Crippen LogP contribution in [0.1, 0.15) is 23.2 Å². The summed E-state index contributed by atoms with van der Waals surface area (Å²) in [4.78, 5) is 43.4. The number of halogens is 2. The largest absolute Gasteiger partial charge is 0.489 e. The van der Waals surface area contributed by atoms with Crippen LogP contribution in [0.4, 0.5) is 14.5 Å². The Morgan fingerprint density at radius 3 is 2.48 bits per heavy atom. The molecule has 0 atom stereocenters. The van der Waals surface area contributed by atoms with Crippen molar-refractivity contribution in [1.82, 2.24) is 14.1 Å². The van der Waals surface area contributed by atoms with Crippen molar-refractivity contribution in [3.05, 3.63) is 105 Å². The number of hydrogen-bond donors (Lipinski definition) is 1. The lowest BCUT2D eigenvalue weighted by Crippen LogP contribution is -2.41. The van der Waals surface area contributed by atoms with E-state index in [-0.39, 0.29) is 28.4 Å². The number of amides is 1. The molecule has 234 valence electrons. The molecular formula is C33H26F2N4O7. The molecule has 1 saturated carbocycles. The molecule has 1 aliphatic heterocycles. The molecule has 1 N–H and O–H groups in total. The van der Waals surface area contributed by atoms with Crippen molar-refractivity contribution in [1.29, 1.82) is 0 Å². The standard InChI is InChI=1S/C33H26F2N4O7/c1-38-16-22(32(41)39(33(38)42)21-7-4-19(34)5-8-21)31(40)37-20-6-9-25(23(35)14-20)46-26-10-11-36-24-15-27(45-17-18-2-3-18)29-30(28(24)26)44-13-12-43-29/h4-11,14-16,18H,2-3,12-13,17H2,1H3,(H,37,40). The van der Waals surface area contributed by atoms with Gasteiger partial charge in [-0.1, -0.05) is 0 Å². The summed E-state index contributed by atoms with van der Waals surface area (Å²) in [6.45, 7) is 1.21. The first kappa shape index (κ1) is 29.0. The number of pyridine rings is 1. The van der Waals surface area contributed by atoms with Crippen molar-refractivity contribution in [3.8, 4) is 34.4 Å². The van der Waals surface area contributed by atoms with Crippen LogP contribution in [0, 0.1) is 17.6 Å². The summed E-state index contributed by atoms with van der Waals surface area (Å²) >= 11 is 0. The lowest BCUT2D eigenvalue weighted by Gasteiger charge is -2.23. The topological polar surface area (TPSA) is 123 Å². The number of carbonyl (C=O) groups excluding carboxylic acids is 1. The van der Waals surface area contributed by atoms with Gasteiger partial charge in [-0.3, -0.25) is 14.6 Å². The molecule has 0 unspecified atom stereocenters. The van der Waals surface area contributed by atoms with Gasteiger partial charge in [0.25, 0.3) is 11.5 Å². The predicted octanol–water partition coefficient (Wildman–Crippen LogP) is 4.97. The highest BCUT2D eigenvalue weighted by Crippen LogP contribution is 2.49. The highest BCUT2D eigenvalue weighted by atomic mass is 19.1. The van der Waals surface area contributed by atoms with E-state index < -0.39 is 28.8 Å². The summed E-state index contributed by atoms with van der Waals surface area (Å²) in [6.07, 6.45) is 4.86.